The highest BCUT2D eigenvalue weighted by Gasteiger charge is 2.38. The Balaban J connectivity index is 1.62. The largest absolute Gasteiger partial charge is 0.355 e. The number of hydrogen-bond acceptors (Lipinski definition) is 2. The second-order valence-electron chi connectivity index (χ2n) is 7.37. The third-order valence-electron chi connectivity index (χ3n) is 5.29. The lowest BCUT2D eigenvalue weighted by Crippen LogP contribution is -2.41. The Morgan fingerprint density at radius 3 is 2.30 bits per heavy atom. The van der Waals surface area contributed by atoms with Crippen LogP contribution in [0.4, 0.5) is 0 Å². The Labute approximate surface area is 124 Å². The highest BCUT2D eigenvalue weighted by Crippen LogP contribution is 2.42. The van der Waals surface area contributed by atoms with Gasteiger partial charge >= 0.3 is 0 Å². The van der Waals surface area contributed by atoms with Crippen LogP contribution in [-0.4, -0.2) is 25.0 Å². The first-order chi connectivity index (χ1) is 9.59. The van der Waals surface area contributed by atoms with Gasteiger partial charge in [-0.3, -0.25) is 4.79 Å². The smallest absolute Gasteiger partial charge is 0.223 e. The van der Waals surface area contributed by atoms with Crippen molar-refractivity contribution in [3.05, 3.63) is 0 Å². The molecule has 2 aliphatic rings. The van der Waals surface area contributed by atoms with Gasteiger partial charge in [0.15, 0.2) is 0 Å². The molecular weight excluding hydrogens is 248 g/mol. The summed E-state index contributed by atoms with van der Waals surface area (Å²) < 4.78 is 0. The molecule has 20 heavy (non-hydrogen) atoms. The van der Waals surface area contributed by atoms with Crippen molar-refractivity contribution in [3.63, 3.8) is 0 Å². The van der Waals surface area contributed by atoms with E-state index < -0.39 is 0 Å². The monoisotopic (exact) mass is 280 g/mol. The molecule has 3 heteroatoms. The van der Waals surface area contributed by atoms with E-state index in [0.717, 1.165) is 19.5 Å². The Hall–Kier alpha value is -0.570. The lowest BCUT2D eigenvalue weighted by Gasteiger charge is -2.26. The molecule has 0 bridgehead atoms. The molecule has 2 fully saturated rings. The summed E-state index contributed by atoms with van der Waals surface area (Å²) in [5.74, 6) is 0.496. The SMILES string of the molecule is CC1(C)CCCC1C(=O)NCCNC1CCCCCC1. The number of rotatable bonds is 5. The fraction of sp³-hybridized carbons (Fsp3) is 0.941. The van der Waals surface area contributed by atoms with Gasteiger partial charge in [0.1, 0.15) is 0 Å². The standard InChI is InChI=1S/C17H32N2O/c1-17(2)11-7-10-15(17)16(20)19-13-12-18-14-8-5-3-4-6-9-14/h14-15,18H,3-13H2,1-2H3,(H,19,20). The number of carbonyl (C=O) groups is 1. The molecule has 3 nitrogen and oxygen atoms in total. The highest BCUT2D eigenvalue weighted by molar-refractivity contribution is 5.79. The zero-order chi connectivity index (χ0) is 14.4. The molecule has 2 N–H and O–H groups in total. The predicted octanol–water partition coefficient (Wildman–Crippen LogP) is 3.24. The lowest BCUT2D eigenvalue weighted by molar-refractivity contribution is -0.127. The second-order valence-corrected chi connectivity index (χ2v) is 7.37. The average Bonchev–Trinajstić information content (AvgIpc) is 2.63. The first kappa shape index (κ1) is 15.8. The Bertz CT molecular complexity index is 306. The van der Waals surface area contributed by atoms with E-state index in [0.29, 0.717) is 6.04 Å². The van der Waals surface area contributed by atoms with Crippen molar-refractivity contribution in [2.24, 2.45) is 11.3 Å². The molecule has 1 unspecified atom stereocenters. The number of nitrogens with one attached hydrogen (secondary N) is 2. The molecule has 0 aromatic carbocycles. The van der Waals surface area contributed by atoms with Gasteiger partial charge in [-0.05, 0) is 31.1 Å². The van der Waals surface area contributed by atoms with Crippen LogP contribution in [0.3, 0.4) is 0 Å². The van der Waals surface area contributed by atoms with Crippen molar-refractivity contribution in [1.29, 1.82) is 0 Å². The van der Waals surface area contributed by atoms with Crippen molar-refractivity contribution in [2.75, 3.05) is 13.1 Å². The van der Waals surface area contributed by atoms with Crippen LogP contribution in [0.2, 0.25) is 0 Å². The average molecular weight is 280 g/mol. The minimum Gasteiger partial charge on any atom is -0.355 e. The van der Waals surface area contributed by atoms with E-state index in [9.17, 15) is 4.79 Å². The summed E-state index contributed by atoms with van der Waals surface area (Å²) >= 11 is 0. The fourth-order valence-electron chi connectivity index (χ4n) is 3.88. The zero-order valence-electron chi connectivity index (χ0n) is 13.3. The Morgan fingerprint density at radius 1 is 1.00 bits per heavy atom. The van der Waals surface area contributed by atoms with E-state index in [1.165, 1.54) is 51.4 Å². The van der Waals surface area contributed by atoms with Gasteiger partial charge in [-0.25, -0.2) is 0 Å². The highest BCUT2D eigenvalue weighted by atomic mass is 16.1. The van der Waals surface area contributed by atoms with Gasteiger partial charge in [0.05, 0.1) is 0 Å². The topological polar surface area (TPSA) is 41.1 Å². The molecule has 0 heterocycles. The molecule has 2 aliphatic carbocycles. The van der Waals surface area contributed by atoms with Gasteiger partial charge in [0.2, 0.25) is 5.91 Å². The van der Waals surface area contributed by atoms with E-state index in [1.54, 1.807) is 0 Å². The first-order valence-electron chi connectivity index (χ1n) is 8.61. The van der Waals surface area contributed by atoms with Crippen LogP contribution in [0.1, 0.15) is 71.6 Å². The van der Waals surface area contributed by atoms with Gasteiger partial charge in [-0.2, -0.15) is 0 Å². The fourth-order valence-corrected chi connectivity index (χ4v) is 3.88. The van der Waals surface area contributed by atoms with Crippen molar-refractivity contribution in [3.8, 4) is 0 Å². The molecule has 0 aliphatic heterocycles. The van der Waals surface area contributed by atoms with Crippen LogP contribution in [0.5, 0.6) is 0 Å². The Kier molecular flexibility index (Phi) is 5.88. The lowest BCUT2D eigenvalue weighted by atomic mass is 9.81. The molecule has 0 aromatic rings. The third-order valence-corrected chi connectivity index (χ3v) is 5.29. The molecule has 116 valence electrons. The van der Waals surface area contributed by atoms with Crippen LogP contribution in [0, 0.1) is 11.3 Å². The van der Waals surface area contributed by atoms with E-state index in [2.05, 4.69) is 24.5 Å². The van der Waals surface area contributed by atoms with Gasteiger partial charge in [0, 0.05) is 25.0 Å². The van der Waals surface area contributed by atoms with Crippen LogP contribution in [0.15, 0.2) is 0 Å². The summed E-state index contributed by atoms with van der Waals surface area (Å²) in [6.07, 6.45) is 11.6. The normalized spacial score (nSPS) is 27.2. The summed E-state index contributed by atoms with van der Waals surface area (Å²) in [5, 5.41) is 6.75. The minimum absolute atomic E-state index is 0.193. The van der Waals surface area contributed by atoms with Gasteiger partial charge in [-0.1, -0.05) is 46.0 Å². The second kappa shape index (κ2) is 7.44. The zero-order valence-corrected chi connectivity index (χ0v) is 13.3. The molecule has 2 rings (SSSR count). The maximum absolute atomic E-state index is 12.2. The van der Waals surface area contributed by atoms with Crippen molar-refractivity contribution in [1.82, 2.24) is 10.6 Å². The van der Waals surface area contributed by atoms with Crippen molar-refractivity contribution < 1.29 is 4.79 Å². The van der Waals surface area contributed by atoms with Crippen molar-refractivity contribution in [2.45, 2.75) is 77.7 Å². The van der Waals surface area contributed by atoms with E-state index >= 15 is 0 Å². The van der Waals surface area contributed by atoms with Crippen molar-refractivity contribution >= 4 is 5.91 Å². The molecular formula is C17H32N2O. The van der Waals surface area contributed by atoms with Crippen LogP contribution >= 0.6 is 0 Å². The number of hydrogen-bond donors (Lipinski definition) is 2. The molecule has 1 atom stereocenters. The maximum Gasteiger partial charge on any atom is 0.223 e. The molecule has 0 aromatic heterocycles. The summed E-state index contributed by atoms with van der Waals surface area (Å²) in [4.78, 5) is 12.2. The van der Waals surface area contributed by atoms with Crippen LogP contribution < -0.4 is 10.6 Å². The maximum atomic E-state index is 12.2. The number of carbonyl (C=O) groups excluding carboxylic acids is 1. The van der Waals surface area contributed by atoms with Gasteiger partial charge < -0.3 is 10.6 Å². The summed E-state index contributed by atoms with van der Waals surface area (Å²) in [7, 11) is 0. The van der Waals surface area contributed by atoms with Gasteiger partial charge in [0.25, 0.3) is 0 Å². The quantitative estimate of drug-likeness (QED) is 0.599. The Morgan fingerprint density at radius 2 is 1.70 bits per heavy atom. The van der Waals surface area contributed by atoms with Gasteiger partial charge in [-0.15, -0.1) is 0 Å². The van der Waals surface area contributed by atoms with E-state index in [4.69, 9.17) is 0 Å². The molecule has 0 saturated heterocycles. The molecule has 0 radical (unpaired) electrons. The minimum atomic E-state index is 0.193. The summed E-state index contributed by atoms with van der Waals surface area (Å²) in [6, 6.07) is 0.678. The van der Waals surface area contributed by atoms with Crippen LogP contribution in [0.25, 0.3) is 0 Å². The predicted molar refractivity (Wildman–Crippen MR) is 83.6 cm³/mol. The molecule has 0 spiro atoms. The molecule has 2 saturated carbocycles. The number of amides is 1. The third kappa shape index (κ3) is 4.47. The summed E-state index contributed by atoms with van der Waals surface area (Å²) in [6.45, 7) is 6.16. The van der Waals surface area contributed by atoms with E-state index in [-0.39, 0.29) is 17.2 Å². The summed E-state index contributed by atoms with van der Waals surface area (Å²) in [5.41, 5.74) is 0.193. The first-order valence-corrected chi connectivity index (χ1v) is 8.61. The molecule has 1 amide bonds. The van der Waals surface area contributed by atoms with Crippen LogP contribution in [-0.2, 0) is 4.79 Å². The van der Waals surface area contributed by atoms with E-state index in [1.807, 2.05) is 0 Å².